The van der Waals surface area contributed by atoms with Crippen molar-refractivity contribution in [3.05, 3.63) is 35.1 Å². The van der Waals surface area contributed by atoms with Crippen molar-refractivity contribution in [1.82, 2.24) is 5.32 Å². The van der Waals surface area contributed by atoms with Gasteiger partial charge in [0.2, 0.25) is 0 Å². The first-order valence-corrected chi connectivity index (χ1v) is 4.37. The van der Waals surface area contributed by atoms with Crippen LogP contribution in [0.25, 0.3) is 0 Å². The van der Waals surface area contributed by atoms with Crippen LogP contribution in [0.5, 0.6) is 0 Å². The lowest BCUT2D eigenvalue weighted by molar-refractivity contribution is 0.443. The number of hydrogen-bond donors (Lipinski definition) is 1. The van der Waals surface area contributed by atoms with Gasteiger partial charge in [-0.2, -0.15) is 0 Å². The molecule has 0 saturated heterocycles. The van der Waals surface area contributed by atoms with Crippen LogP contribution >= 0.6 is 0 Å². The molecule has 0 amide bonds. The van der Waals surface area contributed by atoms with Gasteiger partial charge in [0.15, 0.2) is 17.5 Å². The van der Waals surface area contributed by atoms with Gasteiger partial charge in [-0.3, -0.25) is 0 Å². The Morgan fingerprint density at radius 2 is 1.64 bits per heavy atom. The first-order valence-electron chi connectivity index (χ1n) is 4.37. The molecule has 0 aliphatic heterocycles. The highest BCUT2D eigenvalue weighted by atomic mass is 19.2. The van der Waals surface area contributed by atoms with Gasteiger partial charge in [0.05, 0.1) is 0 Å². The highest BCUT2D eigenvalue weighted by Gasteiger charge is 2.10. The Morgan fingerprint density at radius 1 is 1.14 bits per heavy atom. The van der Waals surface area contributed by atoms with Gasteiger partial charge in [-0.25, -0.2) is 13.2 Å². The Balaban J connectivity index is 2.79. The molecule has 0 unspecified atom stereocenters. The van der Waals surface area contributed by atoms with E-state index in [4.69, 9.17) is 0 Å². The van der Waals surface area contributed by atoms with Gasteiger partial charge in [0, 0.05) is 12.6 Å². The lowest BCUT2D eigenvalue weighted by Crippen LogP contribution is -2.22. The summed E-state index contributed by atoms with van der Waals surface area (Å²) in [5, 5.41) is 2.98. The van der Waals surface area contributed by atoms with Crippen LogP contribution in [0.2, 0.25) is 0 Å². The van der Waals surface area contributed by atoms with Crippen LogP contribution in [0, 0.1) is 17.5 Å². The van der Waals surface area contributed by atoms with E-state index in [0.717, 1.165) is 12.1 Å². The minimum atomic E-state index is -1.42. The fourth-order valence-electron chi connectivity index (χ4n) is 1.03. The molecule has 1 nitrogen and oxygen atoms in total. The number of nitrogens with one attached hydrogen (secondary N) is 1. The second kappa shape index (κ2) is 4.46. The summed E-state index contributed by atoms with van der Waals surface area (Å²) in [4.78, 5) is 0. The second-order valence-corrected chi connectivity index (χ2v) is 3.41. The summed E-state index contributed by atoms with van der Waals surface area (Å²) in [6.07, 6.45) is 0. The molecule has 14 heavy (non-hydrogen) atoms. The molecule has 1 N–H and O–H groups in total. The molecule has 0 atom stereocenters. The molecule has 0 aliphatic rings. The first-order chi connectivity index (χ1) is 6.50. The van der Waals surface area contributed by atoms with Crippen molar-refractivity contribution < 1.29 is 13.2 Å². The standard InChI is InChI=1S/C10H12F3N/c1-6(2)14-5-7-3-8(11)10(13)9(12)4-7/h3-4,6,14H,5H2,1-2H3. The van der Waals surface area contributed by atoms with Crippen molar-refractivity contribution >= 4 is 0 Å². The molecule has 0 aliphatic carbocycles. The molecule has 0 spiro atoms. The Morgan fingerprint density at radius 3 is 2.07 bits per heavy atom. The first kappa shape index (κ1) is 11.0. The van der Waals surface area contributed by atoms with Gasteiger partial charge in [-0.05, 0) is 17.7 Å². The van der Waals surface area contributed by atoms with E-state index in [2.05, 4.69) is 5.32 Å². The Bertz CT molecular complexity index is 300. The number of benzene rings is 1. The molecule has 0 saturated carbocycles. The van der Waals surface area contributed by atoms with E-state index in [9.17, 15) is 13.2 Å². The Labute approximate surface area is 80.9 Å². The SMILES string of the molecule is CC(C)NCc1cc(F)c(F)c(F)c1. The molecule has 1 aromatic carbocycles. The van der Waals surface area contributed by atoms with Crippen molar-refractivity contribution in [3.63, 3.8) is 0 Å². The lowest BCUT2D eigenvalue weighted by atomic mass is 10.2. The molecule has 0 fully saturated rings. The maximum absolute atomic E-state index is 12.7. The third-order valence-electron chi connectivity index (χ3n) is 1.76. The van der Waals surface area contributed by atoms with Crippen molar-refractivity contribution in [2.45, 2.75) is 26.4 Å². The van der Waals surface area contributed by atoms with Crippen molar-refractivity contribution in [1.29, 1.82) is 0 Å². The van der Waals surface area contributed by atoms with Crippen LogP contribution in [0.1, 0.15) is 19.4 Å². The van der Waals surface area contributed by atoms with Crippen LogP contribution in [-0.4, -0.2) is 6.04 Å². The topological polar surface area (TPSA) is 12.0 Å². The monoisotopic (exact) mass is 203 g/mol. The van der Waals surface area contributed by atoms with Gasteiger partial charge in [-0.1, -0.05) is 13.8 Å². The summed E-state index contributed by atoms with van der Waals surface area (Å²) in [6.45, 7) is 4.15. The van der Waals surface area contributed by atoms with E-state index in [-0.39, 0.29) is 6.04 Å². The zero-order chi connectivity index (χ0) is 10.7. The minimum absolute atomic E-state index is 0.214. The molecule has 4 heteroatoms. The predicted octanol–water partition coefficient (Wildman–Crippen LogP) is 2.60. The molecule has 78 valence electrons. The van der Waals surface area contributed by atoms with Gasteiger partial charge in [0.25, 0.3) is 0 Å². The summed E-state index contributed by atoms with van der Waals surface area (Å²) < 4.78 is 38.0. The van der Waals surface area contributed by atoms with Gasteiger partial charge >= 0.3 is 0 Å². The predicted molar refractivity (Wildman–Crippen MR) is 48.3 cm³/mol. The normalized spacial score (nSPS) is 11.0. The third-order valence-corrected chi connectivity index (χ3v) is 1.76. The zero-order valence-corrected chi connectivity index (χ0v) is 8.07. The zero-order valence-electron chi connectivity index (χ0n) is 8.07. The quantitative estimate of drug-likeness (QED) is 0.744. The molecule has 0 bridgehead atoms. The van der Waals surface area contributed by atoms with Crippen molar-refractivity contribution in [2.75, 3.05) is 0 Å². The molecule has 0 radical (unpaired) electrons. The van der Waals surface area contributed by atoms with Crippen LogP contribution in [0.15, 0.2) is 12.1 Å². The molecule has 1 aromatic rings. The molecule has 0 heterocycles. The summed E-state index contributed by atoms with van der Waals surface area (Å²) in [5.41, 5.74) is 0.398. The van der Waals surface area contributed by atoms with Gasteiger partial charge in [-0.15, -0.1) is 0 Å². The Hall–Kier alpha value is -1.03. The van der Waals surface area contributed by atoms with Crippen LogP contribution < -0.4 is 5.32 Å². The highest BCUT2D eigenvalue weighted by Crippen LogP contribution is 2.13. The van der Waals surface area contributed by atoms with Crippen LogP contribution in [0.3, 0.4) is 0 Å². The third kappa shape index (κ3) is 2.73. The summed E-state index contributed by atoms with van der Waals surface area (Å²) in [5.74, 6) is -3.71. The highest BCUT2D eigenvalue weighted by molar-refractivity contribution is 5.19. The molecule has 1 rings (SSSR count). The van der Waals surface area contributed by atoms with E-state index < -0.39 is 17.5 Å². The second-order valence-electron chi connectivity index (χ2n) is 3.41. The molecular formula is C10H12F3N. The number of rotatable bonds is 3. The maximum atomic E-state index is 12.7. The Kier molecular flexibility index (Phi) is 3.52. The van der Waals surface area contributed by atoms with E-state index in [1.807, 2.05) is 13.8 Å². The molecular weight excluding hydrogens is 191 g/mol. The lowest BCUT2D eigenvalue weighted by Gasteiger charge is -2.08. The van der Waals surface area contributed by atoms with Crippen LogP contribution in [-0.2, 0) is 6.54 Å². The fourth-order valence-corrected chi connectivity index (χ4v) is 1.03. The summed E-state index contributed by atoms with van der Waals surface area (Å²) >= 11 is 0. The average molecular weight is 203 g/mol. The minimum Gasteiger partial charge on any atom is -0.310 e. The maximum Gasteiger partial charge on any atom is 0.194 e. The molecule has 0 aromatic heterocycles. The van der Waals surface area contributed by atoms with E-state index >= 15 is 0 Å². The summed E-state index contributed by atoms with van der Waals surface area (Å²) in [6, 6.07) is 2.20. The van der Waals surface area contributed by atoms with E-state index in [1.54, 1.807) is 0 Å². The van der Waals surface area contributed by atoms with Crippen molar-refractivity contribution in [2.24, 2.45) is 0 Å². The van der Waals surface area contributed by atoms with Crippen LogP contribution in [0.4, 0.5) is 13.2 Å². The van der Waals surface area contributed by atoms with E-state index in [1.165, 1.54) is 0 Å². The smallest absolute Gasteiger partial charge is 0.194 e. The fraction of sp³-hybridized carbons (Fsp3) is 0.400. The summed E-state index contributed by atoms with van der Waals surface area (Å²) in [7, 11) is 0. The van der Waals surface area contributed by atoms with Gasteiger partial charge < -0.3 is 5.32 Å². The number of halogens is 3. The van der Waals surface area contributed by atoms with E-state index in [0.29, 0.717) is 12.1 Å². The number of hydrogen-bond acceptors (Lipinski definition) is 1. The largest absolute Gasteiger partial charge is 0.310 e. The average Bonchev–Trinajstić information content (AvgIpc) is 2.10. The van der Waals surface area contributed by atoms with Crippen molar-refractivity contribution in [3.8, 4) is 0 Å². The van der Waals surface area contributed by atoms with Gasteiger partial charge in [0.1, 0.15) is 0 Å².